The number of nitrogens with zero attached hydrogens (tertiary/aromatic N) is 1. The molecule has 1 heterocycles. The van der Waals surface area contributed by atoms with Gasteiger partial charge in [0.1, 0.15) is 5.82 Å². The van der Waals surface area contributed by atoms with Gasteiger partial charge >= 0.3 is 0 Å². The number of halogens is 2. The van der Waals surface area contributed by atoms with Crippen LogP contribution in [-0.2, 0) is 6.54 Å². The number of benzene rings is 1. The Kier molecular flexibility index (Phi) is 3.79. The average Bonchev–Trinajstić information content (AvgIpc) is 2.71. The van der Waals surface area contributed by atoms with Gasteiger partial charge in [0, 0.05) is 23.2 Å². The standard InChI is InChI=1S/C12H15ClFNO/c13-10-3-4-12(14)9(6-10)7-15-5-1-2-11(15)8-16/h3-4,6,11,16H,1-2,5,7-8H2/t11-/m0/s1. The molecule has 1 aliphatic heterocycles. The lowest BCUT2D eigenvalue weighted by Crippen LogP contribution is -2.31. The van der Waals surface area contributed by atoms with Crippen molar-refractivity contribution in [2.24, 2.45) is 0 Å². The summed E-state index contributed by atoms with van der Waals surface area (Å²) in [4.78, 5) is 2.11. The highest BCUT2D eigenvalue weighted by Crippen LogP contribution is 2.22. The Hall–Kier alpha value is -0.640. The maximum absolute atomic E-state index is 13.5. The summed E-state index contributed by atoms with van der Waals surface area (Å²) in [6.07, 6.45) is 2.05. The van der Waals surface area contributed by atoms with Gasteiger partial charge in [0.05, 0.1) is 6.61 Å². The topological polar surface area (TPSA) is 23.5 Å². The molecule has 1 saturated heterocycles. The van der Waals surface area contributed by atoms with Gasteiger partial charge in [0.25, 0.3) is 0 Å². The predicted octanol–water partition coefficient (Wildman–Crippen LogP) is 2.44. The third-order valence-electron chi connectivity index (χ3n) is 3.09. The van der Waals surface area contributed by atoms with Crippen LogP contribution >= 0.6 is 11.6 Å². The smallest absolute Gasteiger partial charge is 0.127 e. The molecule has 1 aromatic rings. The highest BCUT2D eigenvalue weighted by atomic mass is 35.5. The normalized spacial score (nSPS) is 21.6. The molecule has 2 rings (SSSR count). The monoisotopic (exact) mass is 243 g/mol. The van der Waals surface area contributed by atoms with Crippen molar-refractivity contribution in [3.63, 3.8) is 0 Å². The first kappa shape index (κ1) is 11.8. The minimum absolute atomic E-state index is 0.141. The first-order valence-electron chi connectivity index (χ1n) is 5.49. The molecular weight excluding hydrogens is 229 g/mol. The fourth-order valence-corrected chi connectivity index (χ4v) is 2.39. The van der Waals surface area contributed by atoms with E-state index in [9.17, 15) is 9.50 Å². The Labute approximate surface area is 99.6 Å². The Morgan fingerprint density at radius 2 is 2.31 bits per heavy atom. The van der Waals surface area contributed by atoms with E-state index >= 15 is 0 Å². The number of rotatable bonds is 3. The molecule has 0 spiro atoms. The number of aliphatic hydroxyl groups excluding tert-OH is 1. The molecule has 0 radical (unpaired) electrons. The quantitative estimate of drug-likeness (QED) is 0.882. The molecule has 1 fully saturated rings. The summed E-state index contributed by atoms with van der Waals surface area (Å²) >= 11 is 5.84. The maximum Gasteiger partial charge on any atom is 0.127 e. The Morgan fingerprint density at radius 1 is 1.50 bits per heavy atom. The third kappa shape index (κ3) is 2.54. The first-order chi connectivity index (χ1) is 7.70. The van der Waals surface area contributed by atoms with Gasteiger partial charge in [-0.2, -0.15) is 0 Å². The van der Waals surface area contributed by atoms with Crippen LogP contribution in [0.1, 0.15) is 18.4 Å². The minimum Gasteiger partial charge on any atom is -0.395 e. The first-order valence-corrected chi connectivity index (χ1v) is 5.87. The second-order valence-electron chi connectivity index (χ2n) is 4.18. The van der Waals surface area contributed by atoms with Crippen LogP contribution in [0.3, 0.4) is 0 Å². The van der Waals surface area contributed by atoms with Gasteiger partial charge in [-0.15, -0.1) is 0 Å². The lowest BCUT2D eigenvalue weighted by Gasteiger charge is -2.22. The van der Waals surface area contributed by atoms with Crippen molar-refractivity contribution in [1.82, 2.24) is 4.90 Å². The maximum atomic E-state index is 13.5. The molecule has 0 unspecified atom stereocenters. The van der Waals surface area contributed by atoms with E-state index in [1.54, 1.807) is 12.1 Å². The SMILES string of the molecule is OC[C@@H]1CCCN1Cc1cc(Cl)ccc1F. The van der Waals surface area contributed by atoms with Gasteiger partial charge in [-0.25, -0.2) is 4.39 Å². The Morgan fingerprint density at radius 3 is 3.06 bits per heavy atom. The number of hydrogen-bond acceptors (Lipinski definition) is 2. The Bertz CT molecular complexity index is 372. The van der Waals surface area contributed by atoms with Crippen LogP contribution in [0.25, 0.3) is 0 Å². The zero-order valence-corrected chi connectivity index (χ0v) is 9.75. The highest BCUT2D eigenvalue weighted by Gasteiger charge is 2.24. The molecule has 1 aromatic carbocycles. The second kappa shape index (κ2) is 5.13. The van der Waals surface area contributed by atoms with E-state index in [4.69, 9.17) is 11.6 Å². The average molecular weight is 244 g/mol. The molecule has 0 saturated carbocycles. The molecule has 0 aliphatic carbocycles. The van der Waals surface area contributed by atoms with Crippen LogP contribution in [0, 0.1) is 5.82 Å². The highest BCUT2D eigenvalue weighted by molar-refractivity contribution is 6.30. The van der Waals surface area contributed by atoms with Crippen LogP contribution in [0.15, 0.2) is 18.2 Å². The fraction of sp³-hybridized carbons (Fsp3) is 0.500. The summed E-state index contributed by atoms with van der Waals surface area (Å²) in [6, 6.07) is 4.76. The van der Waals surface area contributed by atoms with Crippen LogP contribution < -0.4 is 0 Å². The zero-order valence-electron chi connectivity index (χ0n) is 9.00. The van der Waals surface area contributed by atoms with Gasteiger partial charge in [0.15, 0.2) is 0 Å². The summed E-state index contributed by atoms with van der Waals surface area (Å²) in [5.41, 5.74) is 0.604. The molecule has 0 aromatic heterocycles. The van der Waals surface area contributed by atoms with E-state index < -0.39 is 0 Å². The fourth-order valence-electron chi connectivity index (χ4n) is 2.19. The van der Waals surface area contributed by atoms with Gasteiger partial charge < -0.3 is 5.11 Å². The van der Waals surface area contributed by atoms with Crippen molar-refractivity contribution in [2.45, 2.75) is 25.4 Å². The third-order valence-corrected chi connectivity index (χ3v) is 3.33. The van der Waals surface area contributed by atoms with E-state index in [2.05, 4.69) is 4.90 Å². The van der Waals surface area contributed by atoms with Crippen LogP contribution in [0.4, 0.5) is 4.39 Å². The van der Waals surface area contributed by atoms with E-state index in [1.807, 2.05) is 0 Å². The van der Waals surface area contributed by atoms with E-state index in [0.717, 1.165) is 19.4 Å². The van der Waals surface area contributed by atoms with Gasteiger partial charge in [0.2, 0.25) is 0 Å². The lowest BCUT2D eigenvalue weighted by atomic mass is 10.2. The van der Waals surface area contributed by atoms with E-state index in [-0.39, 0.29) is 18.5 Å². The van der Waals surface area contributed by atoms with Crippen LogP contribution in [-0.4, -0.2) is 29.2 Å². The van der Waals surface area contributed by atoms with Crippen LogP contribution in [0.2, 0.25) is 5.02 Å². The van der Waals surface area contributed by atoms with Crippen molar-refractivity contribution < 1.29 is 9.50 Å². The van der Waals surface area contributed by atoms with Crippen molar-refractivity contribution in [1.29, 1.82) is 0 Å². The van der Waals surface area contributed by atoms with Crippen molar-refractivity contribution in [3.8, 4) is 0 Å². The summed E-state index contributed by atoms with van der Waals surface area (Å²) in [5, 5.41) is 9.73. The molecule has 88 valence electrons. The van der Waals surface area contributed by atoms with Gasteiger partial charge in [-0.1, -0.05) is 11.6 Å². The van der Waals surface area contributed by atoms with Crippen molar-refractivity contribution >= 4 is 11.6 Å². The van der Waals surface area contributed by atoms with E-state index in [1.165, 1.54) is 6.07 Å². The molecule has 1 atom stereocenters. The summed E-state index contributed by atoms with van der Waals surface area (Å²) in [7, 11) is 0. The van der Waals surface area contributed by atoms with Crippen molar-refractivity contribution in [2.75, 3.05) is 13.2 Å². The molecule has 0 amide bonds. The minimum atomic E-state index is -0.229. The molecular formula is C12H15ClFNO. The predicted molar refractivity (Wildman–Crippen MR) is 61.9 cm³/mol. The summed E-state index contributed by atoms with van der Waals surface area (Å²) in [6.45, 7) is 1.58. The number of hydrogen-bond donors (Lipinski definition) is 1. The molecule has 1 N–H and O–H groups in total. The largest absolute Gasteiger partial charge is 0.395 e. The van der Waals surface area contributed by atoms with Gasteiger partial charge in [-0.3, -0.25) is 4.90 Å². The lowest BCUT2D eigenvalue weighted by molar-refractivity contribution is 0.152. The van der Waals surface area contributed by atoms with Crippen LogP contribution in [0.5, 0.6) is 0 Å². The number of aliphatic hydroxyl groups is 1. The molecule has 4 heteroatoms. The molecule has 16 heavy (non-hydrogen) atoms. The molecule has 0 bridgehead atoms. The zero-order chi connectivity index (χ0) is 11.5. The Balaban J connectivity index is 2.11. The van der Waals surface area contributed by atoms with Crippen molar-refractivity contribution in [3.05, 3.63) is 34.6 Å². The summed E-state index contributed by atoms with van der Waals surface area (Å²) in [5.74, 6) is -0.229. The molecule has 1 aliphatic rings. The summed E-state index contributed by atoms with van der Waals surface area (Å²) < 4.78 is 13.5. The molecule has 2 nitrogen and oxygen atoms in total. The van der Waals surface area contributed by atoms with E-state index in [0.29, 0.717) is 17.1 Å². The number of likely N-dealkylation sites (tertiary alicyclic amines) is 1. The second-order valence-corrected chi connectivity index (χ2v) is 4.62. The van der Waals surface area contributed by atoms with Gasteiger partial charge in [-0.05, 0) is 37.6 Å².